The second-order valence-electron chi connectivity index (χ2n) is 6.72. The largest absolute Gasteiger partial charge is 0.447 e. The first kappa shape index (κ1) is 21.3. The quantitative estimate of drug-likeness (QED) is 0.561. The zero-order chi connectivity index (χ0) is 21.5. The average Bonchev–Trinajstić information content (AvgIpc) is 2.73. The molecule has 0 atom stereocenters. The molecule has 0 unspecified atom stereocenters. The highest BCUT2D eigenvalue weighted by Crippen LogP contribution is 2.25. The van der Waals surface area contributed by atoms with Crippen molar-refractivity contribution in [1.82, 2.24) is 4.98 Å². The molecule has 1 aromatic heterocycles. The van der Waals surface area contributed by atoms with E-state index in [-0.39, 0.29) is 12.5 Å². The first-order valence-corrected chi connectivity index (χ1v) is 9.75. The molecule has 7 nitrogen and oxygen atoms in total. The van der Waals surface area contributed by atoms with Gasteiger partial charge in [0.1, 0.15) is 6.61 Å². The van der Waals surface area contributed by atoms with Crippen LogP contribution in [0.4, 0.5) is 16.2 Å². The fourth-order valence-electron chi connectivity index (χ4n) is 3.23. The molecule has 2 aromatic carbocycles. The molecule has 3 aromatic rings. The number of ether oxygens (including phenoxy) is 2. The summed E-state index contributed by atoms with van der Waals surface area (Å²) >= 11 is 0. The van der Waals surface area contributed by atoms with Crippen molar-refractivity contribution in [3.05, 3.63) is 65.4 Å². The van der Waals surface area contributed by atoms with Gasteiger partial charge in [-0.1, -0.05) is 31.2 Å². The molecule has 0 radical (unpaired) electrons. The molecule has 0 aliphatic rings. The topological polar surface area (TPSA) is 89.6 Å². The van der Waals surface area contributed by atoms with E-state index in [1.54, 1.807) is 24.3 Å². The number of methoxy groups -OCH3 is 1. The Morgan fingerprint density at radius 2 is 1.73 bits per heavy atom. The van der Waals surface area contributed by atoms with Gasteiger partial charge in [-0.05, 0) is 43.2 Å². The zero-order valence-electron chi connectivity index (χ0n) is 17.3. The molecule has 0 aliphatic carbocycles. The monoisotopic (exact) mass is 407 g/mol. The van der Waals surface area contributed by atoms with Gasteiger partial charge < -0.3 is 14.8 Å². The highest BCUT2D eigenvalue weighted by atomic mass is 16.6. The molecular formula is C23H25N3O4. The van der Waals surface area contributed by atoms with E-state index in [1.165, 1.54) is 7.11 Å². The number of nitrogens with one attached hydrogen (secondary N) is 2. The number of carbonyl (C=O) groups is 2. The number of nitrogens with zero attached hydrogens (tertiary/aromatic N) is 1. The summed E-state index contributed by atoms with van der Waals surface area (Å²) in [6.45, 7) is 4.42. The Kier molecular flexibility index (Phi) is 6.98. The number of benzene rings is 2. The normalized spacial score (nSPS) is 10.6. The van der Waals surface area contributed by atoms with Crippen molar-refractivity contribution in [2.24, 2.45) is 0 Å². The van der Waals surface area contributed by atoms with Gasteiger partial charge in [-0.3, -0.25) is 15.1 Å². The minimum absolute atomic E-state index is 0.160. The summed E-state index contributed by atoms with van der Waals surface area (Å²) in [7, 11) is 1.53. The van der Waals surface area contributed by atoms with Gasteiger partial charge in [0.15, 0.2) is 0 Å². The van der Waals surface area contributed by atoms with Crippen LogP contribution >= 0.6 is 0 Å². The first-order chi connectivity index (χ1) is 14.5. The molecular weight excluding hydrogens is 382 g/mol. The lowest BCUT2D eigenvalue weighted by Gasteiger charge is -2.14. The highest BCUT2D eigenvalue weighted by molar-refractivity contribution is 6.13. The maximum atomic E-state index is 13.2. The summed E-state index contributed by atoms with van der Waals surface area (Å²) in [5.74, 6) is -0.222. The number of hydrogen-bond acceptors (Lipinski definition) is 5. The fraction of sp³-hybridized carbons (Fsp3) is 0.261. The van der Waals surface area contributed by atoms with Crippen LogP contribution in [0.2, 0.25) is 0 Å². The van der Waals surface area contributed by atoms with Gasteiger partial charge in [-0.2, -0.15) is 0 Å². The SMILES string of the molecule is CCc1nc2ccccc2c(C(=O)Nc2cccc(NC(=O)OCCOC)c2)c1C. The van der Waals surface area contributed by atoms with Crippen LogP contribution in [-0.4, -0.2) is 37.3 Å². The molecule has 30 heavy (non-hydrogen) atoms. The van der Waals surface area contributed by atoms with Gasteiger partial charge >= 0.3 is 6.09 Å². The van der Waals surface area contributed by atoms with Crippen molar-refractivity contribution in [3.63, 3.8) is 0 Å². The second kappa shape index (κ2) is 9.84. The fourth-order valence-corrected chi connectivity index (χ4v) is 3.23. The van der Waals surface area contributed by atoms with Crippen molar-refractivity contribution in [1.29, 1.82) is 0 Å². The number of anilines is 2. The third-order valence-electron chi connectivity index (χ3n) is 4.69. The molecule has 1 heterocycles. The third-order valence-corrected chi connectivity index (χ3v) is 4.69. The summed E-state index contributed by atoms with van der Waals surface area (Å²) in [6, 6.07) is 14.5. The van der Waals surface area contributed by atoms with E-state index < -0.39 is 6.09 Å². The van der Waals surface area contributed by atoms with Crippen LogP contribution in [0.1, 0.15) is 28.5 Å². The lowest BCUT2D eigenvalue weighted by atomic mass is 9.99. The minimum atomic E-state index is -0.584. The molecule has 156 valence electrons. The molecule has 0 saturated heterocycles. The summed E-state index contributed by atoms with van der Waals surface area (Å²) in [5, 5.41) is 6.37. The van der Waals surface area contributed by atoms with Gasteiger partial charge in [0.05, 0.1) is 17.7 Å². The molecule has 0 saturated carbocycles. The average molecular weight is 407 g/mol. The van der Waals surface area contributed by atoms with Crippen LogP contribution < -0.4 is 10.6 Å². The zero-order valence-corrected chi connectivity index (χ0v) is 17.3. The van der Waals surface area contributed by atoms with Crippen LogP contribution in [0.15, 0.2) is 48.5 Å². The Morgan fingerprint density at radius 1 is 1.00 bits per heavy atom. The number of aryl methyl sites for hydroxylation is 1. The third kappa shape index (κ3) is 4.93. The van der Waals surface area contributed by atoms with Crippen molar-refractivity contribution in [2.45, 2.75) is 20.3 Å². The van der Waals surface area contributed by atoms with Crippen molar-refractivity contribution in [3.8, 4) is 0 Å². The smallest absolute Gasteiger partial charge is 0.411 e. The standard InChI is InChI=1S/C23H25N3O4/c1-4-19-15(2)21(18-10-5-6-11-20(18)26-19)22(27)24-16-8-7-9-17(14-16)25-23(28)30-13-12-29-3/h5-11,14H,4,12-13H2,1-3H3,(H,24,27)(H,25,28). The summed E-state index contributed by atoms with van der Waals surface area (Å²) in [6.07, 6.45) is 0.153. The Hall–Kier alpha value is -3.45. The number of fused-ring (bicyclic) bond motifs is 1. The Labute approximate surface area is 175 Å². The molecule has 0 spiro atoms. The number of amides is 2. The van der Waals surface area contributed by atoms with Crippen LogP contribution in [0, 0.1) is 6.92 Å². The van der Waals surface area contributed by atoms with Gasteiger partial charge in [-0.15, -0.1) is 0 Å². The van der Waals surface area contributed by atoms with E-state index in [4.69, 9.17) is 9.47 Å². The van der Waals surface area contributed by atoms with Crippen LogP contribution in [0.5, 0.6) is 0 Å². The van der Waals surface area contributed by atoms with E-state index in [2.05, 4.69) is 15.6 Å². The molecule has 2 N–H and O–H groups in total. The predicted octanol–water partition coefficient (Wildman–Crippen LogP) is 4.55. The minimum Gasteiger partial charge on any atom is -0.447 e. The van der Waals surface area contributed by atoms with Crippen molar-refractivity contribution in [2.75, 3.05) is 31.0 Å². The molecule has 0 bridgehead atoms. The Bertz CT molecular complexity index is 1070. The van der Waals surface area contributed by atoms with E-state index in [1.807, 2.05) is 38.1 Å². The molecule has 7 heteroatoms. The highest BCUT2D eigenvalue weighted by Gasteiger charge is 2.17. The predicted molar refractivity (Wildman–Crippen MR) is 117 cm³/mol. The van der Waals surface area contributed by atoms with Crippen LogP contribution in [0.25, 0.3) is 10.9 Å². The van der Waals surface area contributed by atoms with E-state index in [9.17, 15) is 9.59 Å². The maximum absolute atomic E-state index is 13.2. The van der Waals surface area contributed by atoms with Crippen LogP contribution in [-0.2, 0) is 15.9 Å². The van der Waals surface area contributed by atoms with Crippen molar-refractivity contribution >= 4 is 34.3 Å². The van der Waals surface area contributed by atoms with Crippen LogP contribution in [0.3, 0.4) is 0 Å². The van der Waals surface area contributed by atoms with Crippen molar-refractivity contribution < 1.29 is 19.1 Å². The number of hydrogen-bond donors (Lipinski definition) is 2. The van der Waals surface area contributed by atoms with Gasteiger partial charge in [0.25, 0.3) is 5.91 Å². The number of pyridine rings is 1. The molecule has 0 fully saturated rings. The number of rotatable bonds is 7. The summed E-state index contributed by atoms with van der Waals surface area (Å²) < 4.78 is 9.84. The lowest BCUT2D eigenvalue weighted by Crippen LogP contribution is -2.17. The molecule has 2 amide bonds. The first-order valence-electron chi connectivity index (χ1n) is 9.75. The Balaban J connectivity index is 1.82. The number of para-hydroxylation sites is 1. The number of aromatic nitrogens is 1. The second-order valence-corrected chi connectivity index (χ2v) is 6.72. The van der Waals surface area contributed by atoms with Gasteiger partial charge in [-0.25, -0.2) is 4.79 Å². The van der Waals surface area contributed by atoms with Gasteiger partial charge in [0.2, 0.25) is 0 Å². The van der Waals surface area contributed by atoms with E-state index >= 15 is 0 Å². The maximum Gasteiger partial charge on any atom is 0.411 e. The number of carbonyl (C=O) groups excluding carboxylic acids is 2. The van der Waals surface area contributed by atoms with E-state index in [0.29, 0.717) is 23.5 Å². The summed E-state index contributed by atoms with van der Waals surface area (Å²) in [4.78, 5) is 29.7. The van der Waals surface area contributed by atoms with Gasteiger partial charge in [0, 0.05) is 29.6 Å². The summed E-state index contributed by atoms with van der Waals surface area (Å²) in [5.41, 5.74) is 4.24. The van der Waals surface area contributed by atoms with E-state index in [0.717, 1.165) is 28.6 Å². The molecule has 3 rings (SSSR count). The lowest BCUT2D eigenvalue weighted by molar-refractivity contribution is 0.102. The molecule has 0 aliphatic heterocycles. The Morgan fingerprint density at radius 3 is 2.47 bits per heavy atom.